The summed E-state index contributed by atoms with van der Waals surface area (Å²) < 4.78 is 0. The average molecular weight is 204 g/mol. The van der Waals surface area contributed by atoms with Crippen molar-refractivity contribution in [2.24, 2.45) is 0 Å². The zero-order valence-electron chi connectivity index (χ0n) is 8.19. The molecule has 6 nitrogen and oxygen atoms in total. The minimum absolute atomic E-state index is 0.196. The Kier molecular flexibility index (Phi) is 6.26. The zero-order valence-corrected chi connectivity index (χ0v) is 8.19. The molecule has 0 atom stereocenters. The molecular formula is C8H16N2O4. The highest BCUT2D eigenvalue weighted by atomic mass is 16.4. The van der Waals surface area contributed by atoms with Crippen LogP contribution in [0.1, 0.15) is 32.6 Å². The Morgan fingerprint density at radius 2 is 1.86 bits per heavy atom. The predicted molar refractivity (Wildman–Crippen MR) is 50.0 cm³/mol. The monoisotopic (exact) mass is 204 g/mol. The molecule has 0 spiro atoms. The summed E-state index contributed by atoms with van der Waals surface area (Å²) in [6, 6.07) is 0. The van der Waals surface area contributed by atoms with Gasteiger partial charge < -0.3 is 10.2 Å². The summed E-state index contributed by atoms with van der Waals surface area (Å²) >= 11 is 0. The summed E-state index contributed by atoms with van der Waals surface area (Å²) in [5.41, 5.74) is 1.81. The molecule has 0 fully saturated rings. The molecule has 0 aliphatic rings. The molecule has 0 heterocycles. The molecule has 0 rings (SSSR count). The first-order valence-corrected chi connectivity index (χ1v) is 4.58. The third-order valence-electron chi connectivity index (χ3n) is 1.70. The summed E-state index contributed by atoms with van der Waals surface area (Å²) in [7, 11) is 0. The molecule has 6 heteroatoms. The van der Waals surface area contributed by atoms with Crippen LogP contribution in [0.3, 0.4) is 0 Å². The van der Waals surface area contributed by atoms with Crippen molar-refractivity contribution < 1.29 is 19.8 Å². The lowest BCUT2D eigenvalue weighted by atomic mass is 10.2. The number of nitrogens with zero attached hydrogens (tertiary/aromatic N) is 1. The molecule has 0 aromatic heterocycles. The van der Waals surface area contributed by atoms with E-state index in [0.29, 0.717) is 11.4 Å². The molecule has 0 bridgehead atoms. The number of hydrazine groups is 1. The van der Waals surface area contributed by atoms with Gasteiger partial charge in [0.25, 0.3) is 0 Å². The molecule has 14 heavy (non-hydrogen) atoms. The number of nitrogens with one attached hydrogen (secondary N) is 1. The van der Waals surface area contributed by atoms with Crippen molar-refractivity contribution in [1.82, 2.24) is 10.4 Å². The molecule has 0 unspecified atom stereocenters. The second-order valence-electron chi connectivity index (χ2n) is 2.91. The fourth-order valence-electron chi connectivity index (χ4n) is 1.01. The van der Waals surface area contributed by atoms with E-state index in [0.717, 1.165) is 19.3 Å². The summed E-state index contributed by atoms with van der Waals surface area (Å²) in [6.07, 6.45) is 1.02. The van der Waals surface area contributed by atoms with Crippen LogP contribution in [0.4, 0.5) is 9.59 Å². The molecular weight excluding hydrogens is 188 g/mol. The van der Waals surface area contributed by atoms with E-state index in [1.165, 1.54) is 0 Å². The van der Waals surface area contributed by atoms with Crippen LogP contribution in [0.25, 0.3) is 0 Å². The van der Waals surface area contributed by atoms with Crippen molar-refractivity contribution >= 4 is 12.2 Å². The van der Waals surface area contributed by atoms with Crippen LogP contribution in [-0.2, 0) is 0 Å². The Morgan fingerprint density at radius 1 is 1.21 bits per heavy atom. The predicted octanol–water partition coefficient (Wildman–Crippen LogP) is 1.73. The molecule has 0 saturated heterocycles. The summed E-state index contributed by atoms with van der Waals surface area (Å²) in [6.45, 7) is 2.24. The molecule has 0 aromatic carbocycles. The molecule has 0 aromatic rings. The Hall–Kier alpha value is -1.46. The van der Waals surface area contributed by atoms with E-state index in [9.17, 15) is 9.59 Å². The fraction of sp³-hybridized carbons (Fsp3) is 0.750. The Morgan fingerprint density at radius 3 is 2.29 bits per heavy atom. The molecule has 0 aliphatic heterocycles. The smallest absolute Gasteiger partial charge is 0.426 e. The highest BCUT2D eigenvalue weighted by Crippen LogP contribution is 2.00. The average Bonchev–Trinajstić information content (AvgIpc) is 2.09. The van der Waals surface area contributed by atoms with E-state index in [1.54, 1.807) is 5.43 Å². The van der Waals surface area contributed by atoms with Crippen molar-refractivity contribution in [3.8, 4) is 0 Å². The fourth-order valence-corrected chi connectivity index (χ4v) is 1.01. The van der Waals surface area contributed by atoms with Crippen LogP contribution in [-0.4, -0.2) is 34.0 Å². The molecule has 82 valence electrons. The molecule has 3 N–H and O–H groups in total. The van der Waals surface area contributed by atoms with Crippen LogP contribution < -0.4 is 5.43 Å². The minimum atomic E-state index is -1.36. The maximum atomic E-state index is 10.5. The van der Waals surface area contributed by atoms with Crippen LogP contribution >= 0.6 is 0 Å². The van der Waals surface area contributed by atoms with Gasteiger partial charge in [0.15, 0.2) is 0 Å². The standard InChI is InChI=1S/C8H16N2O4/c1-2-3-4-5-6-10(8(13)14)9-7(11)12/h9H,2-6H2,1H3,(H,11,12)(H,13,14). The van der Waals surface area contributed by atoms with Crippen LogP contribution in [0.2, 0.25) is 0 Å². The van der Waals surface area contributed by atoms with Gasteiger partial charge in [0, 0.05) is 6.54 Å². The topological polar surface area (TPSA) is 89.9 Å². The minimum Gasteiger partial charge on any atom is -0.464 e. The van der Waals surface area contributed by atoms with Crippen molar-refractivity contribution in [3.05, 3.63) is 0 Å². The molecule has 0 aliphatic carbocycles. The highest BCUT2D eigenvalue weighted by molar-refractivity contribution is 5.71. The zero-order chi connectivity index (χ0) is 11.0. The van der Waals surface area contributed by atoms with Crippen molar-refractivity contribution in [1.29, 1.82) is 0 Å². The van der Waals surface area contributed by atoms with Gasteiger partial charge in [-0.25, -0.2) is 20.0 Å². The van der Waals surface area contributed by atoms with E-state index in [2.05, 4.69) is 0 Å². The van der Waals surface area contributed by atoms with Crippen LogP contribution in [0, 0.1) is 0 Å². The lowest BCUT2D eigenvalue weighted by Crippen LogP contribution is -2.45. The van der Waals surface area contributed by atoms with Crippen molar-refractivity contribution in [2.45, 2.75) is 32.6 Å². The molecule has 0 saturated carbocycles. The number of amides is 2. The van der Waals surface area contributed by atoms with Gasteiger partial charge in [-0.3, -0.25) is 0 Å². The first-order chi connectivity index (χ1) is 6.57. The Bertz CT molecular complexity index is 196. The second kappa shape index (κ2) is 6.99. The van der Waals surface area contributed by atoms with Gasteiger partial charge in [-0.15, -0.1) is 0 Å². The van der Waals surface area contributed by atoms with E-state index < -0.39 is 12.2 Å². The summed E-state index contributed by atoms with van der Waals surface area (Å²) in [5, 5.41) is 17.6. The lowest BCUT2D eigenvalue weighted by Gasteiger charge is -2.17. The third kappa shape index (κ3) is 6.10. The summed E-state index contributed by atoms with van der Waals surface area (Å²) in [5.74, 6) is 0. The van der Waals surface area contributed by atoms with E-state index in [4.69, 9.17) is 10.2 Å². The number of unbranched alkanes of at least 4 members (excludes halogenated alkanes) is 3. The number of carbonyl (C=O) groups is 2. The van der Waals surface area contributed by atoms with Crippen LogP contribution in [0.15, 0.2) is 0 Å². The lowest BCUT2D eigenvalue weighted by molar-refractivity contribution is 0.109. The van der Waals surface area contributed by atoms with E-state index in [1.807, 2.05) is 6.92 Å². The van der Waals surface area contributed by atoms with Gasteiger partial charge in [-0.2, -0.15) is 0 Å². The molecule has 2 amide bonds. The SMILES string of the molecule is CCCCCCN(NC(=O)O)C(=O)O. The second-order valence-corrected chi connectivity index (χ2v) is 2.91. The van der Waals surface area contributed by atoms with Gasteiger partial charge in [0.05, 0.1) is 0 Å². The van der Waals surface area contributed by atoms with Gasteiger partial charge in [-0.1, -0.05) is 26.2 Å². The maximum Gasteiger partial charge on any atom is 0.426 e. The molecule has 0 radical (unpaired) electrons. The van der Waals surface area contributed by atoms with E-state index >= 15 is 0 Å². The number of carboxylic acid groups (broad SMARTS) is 2. The van der Waals surface area contributed by atoms with Gasteiger partial charge in [0.2, 0.25) is 0 Å². The normalized spacial score (nSPS) is 9.50. The Balaban J connectivity index is 3.74. The van der Waals surface area contributed by atoms with Crippen molar-refractivity contribution in [3.63, 3.8) is 0 Å². The number of hydrogen-bond acceptors (Lipinski definition) is 2. The quantitative estimate of drug-likeness (QED) is 0.470. The van der Waals surface area contributed by atoms with E-state index in [-0.39, 0.29) is 6.54 Å². The summed E-state index contributed by atoms with van der Waals surface area (Å²) in [4.78, 5) is 20.7. The largest absolute Gasteiger partial charge is 0.464 e. The van der Waals surface area contributed by atoms with Crippen LogP contribution in [0.5, 0.6) is 0 Å². The van der Waals surface area contributed by atoms with Gasteiger partial charge in [-0.05, 0) is 6.42 Å². The number of hydrogen-bond donors (Lipinski definition) is 3. The Labute approximate surface area is 82.5 Å². The number of rotatable bonds is 5. The van der Waals surface area contributed by atoms with Gasteiger partial charge in [0.1, 0.15) is 0 Å². The van der Waals surface area contributed by atoms with Gasteiger partial charge >= 0.3 is 12.2 Å². The third-order valence-corrected chi connectivity index (χ3v) is 1.70. The highest BCUT2D eigenvalue weighted by Gasteiger charge is 2.12. The first-order valence-electron chi connectivity index (χ1n) is 4.58. The van der Waals surface area contributed by atoms with Crippen molar-refractivity contribution in [2.75, 3.05) is 6.54 Å². The maximum absolute atomic E-state index is 10.5. The first kappa shape index (κ1) is 12.5.